The molecule has 0 radical (unpaired) electrons. The molecule has 0 aromatic heterocycles. The molecule has 0 rings (SSSR count). The lowest BCUT2D eigenvalue weighted by Gasteiger charge is -2.18. The largest absolute Gasteiger partial charge is 0.462 e. The van der Waals surface area contributed by atoms with Gasteiger partial charge in [0.25, 0.3) is 0 Å². The highest BCUT2D eigenvalue weighted by atomic mass is 16.6. The van der Waals surface area contributed by atoms with Gasteiger partial charge < -0.3 is 14.2 Å². The Balaban J connectivity index is 4.26. The third-order valence-electron chi connectivity index (χ3n) is 14.3. The van der Waals surface area contributed by atoms with Gasteiger partial charge in [0, 0.05) is 19.3 Å². The Morgan fingerprint density at radius 2 is 0.567 bits per heavy atom. The van der Waals surface area contributed by atoms with E-state index in [-0.39, 0.29) is 31.1 Å². The number of esters is 3. The predicted molar refractivity (Wildman–Crippen MR) is 289 cm³/mol. The van der Waals surface area contributed by atoms with E-state index in [0.29, 0.717) is 19.3 Å². The Bertz CT molecular complexity index is 1030. The number of carbonyl (C=O) groups excluding carboxylic acids is 3. The molecule has 0 saturated heterocycles. The van der Waals surface area contributed by atoms with E-state index in [9.17, 15) is 14.4 Å². The van der Waals surface area contributed by atoms with Crippen LogP contribution >= 0.6 is 0 Å². The molecule has 0 aliphatic heterocycles. The minimum atomic E-state index is -0.763. The van der Waals surface area contributed by atoms with E-state index in [0.717, 1.165) is 69.6 Å². The first-order valence-corrected chi connectivity index (χ1v) is 30.3. The molecule has 0 aliphatic carbocycles. The van der Waals surface area contributed by atoms with Crippen molar-refractivity contribution in [1.29, 1.82) is 0 Å². The molecular formula is C61H118O6. The van der Waals surface area contributed by atoms with Gasteiger partial charge in [0.05, 0.1) is 0 Å². The Kier molecular flexibility index (Phi) is 52.5. The van der Waals surface area contributed by atoms with E-state index in [1.165, 1.54) is 231 Å². The third-order valence-corrected chi connectivity index (χ3v) is 14.3. The van der Waals surface area contributed by atoms with Crippen LogP contribution < -0.4 is 0 Å². The van der Waals surface area contributed by atoms with Crippen molar-refractivity contribution in [1.82, 2.24) is 0 Å². The molecule has 2 atom stereocenters. The van der Waals surface area contributed by atoms with E-state index in [2.05, 4.69) is 34.6 Å². The molecule has 0 saturated carbocycles. The normalized spacial score (nSPS) is 12.4. The van der Waals surface area contributed by atoms with Gasteiger partial charge in [-0.3, -0.25) is 14.4 Å². The van der Waals surface area contributed by atoms with Crippen molar-refractivity contribution < 1.29 is 28.6 Å². The topological polar surface area (TPSA) is 78.9 Å². The summed E-state index contributed by atoms with van der Waals surface area (Å²) in [6, 6.07) is 0. The summed E-state index contributed by atoms with van der Waals surface area (Å²) in [6.07, 6.45) is 58.1. The fourth-order valence-electron chi connectivity index (χ4n) is 9.37. The molecule has 0 N–H and O–H groups in total. The average molecular weight is 948 g/mol. The van der Waals surface area contributed by atoms with Crippen LogP contribution in [-0.4, -0.2) is 37.2 Å². The number of unbranched alkanes of at least 4 members (excludes halogenated alkanes) is 39. The van der Waals surface area contributed by atoms with Gasteiger partial charge in [0.2, 0.25) is 0 Å². The fraction of sp³-hybridized carbons (Fsp3) is 0.951. The van der Waals surface area contributed by atoms with Crippen molar-refractivity contribution in [3.05, 3.63) is 0 Å². The van der Waals surface area contributed by atoms with Crippen LogP contribution in [0.15, 0.2) is 0 Å². The van der Waals surface area contributed by atoms with E-state index < -0.39 is 6.10 Å². The third kappa shape index (κ3) is 53.6. The molecule has 0 heterocycles. The maximum Gasteiger partial charge on any atom is 0.306 e. The molecule has 0 bridgehead atoms. The van der Waals surface area contributed by atoms with Crippen LogP contribution in [0.2, 0.25) is 0 Å². The van der Waals surface area contributed by atoms with Crippen LogP contribution in [0.5, 0.6) is 0 Å². The highest BCUT2D eigenvalue weighted by Crippen LogP contribution is 2.19. The summed E-state index contributed by atoms with van der Waals surface area (Å²) in [4.78, 5) is 38.2. The molecule has 0 aromatic carbocycles. The predicted octanol–water partition coefficient (Wildman–Crippen LogP) is 20.0. The Labute approximate surface area is 418 Å². The Morgan fingerprint density at radius 1 is 0.313 bits per heavy atom. The van der Waals surface area contributed by atoms with Gasteiger partial charge in [-0.1, -0.05) is 304 Å². The molecule has 6 heteroatoms. The van der Waals surface area contributed by atoms with E-state index >= 15 is 0 Å². The molecule has 0 aliphatic rings. The zero-order valence-electron chi connectivity index (χ0n) is 46.0. The molecule has 67 heavy (non-hydrogen) atoms. The number of ether oxygens (including phenoxy) is 3. The van der Waals surface area contributed by atoms with Crippen molar-refractivity contribution in [2.45, 2.75) is 349 Å². The standard InChI is InChI=1S/C61H118O6/c1-6-8-9-10-11-12-13-14-15-16-17-18-19-23-26-31-36-41-46-51-59(62)65-54-58(55-66-60(63)52-47-42-37-33-28-29-34-39-44-49-56(3)4)67-61(64)53-48-43-38-32-27-24-21-20-22-25-30-35-40-45-50-57(5)7-2/h56-58H,6-55H2,1-5H3/t57?,58-/m0/s1. The van der Waals surface area contributed by atoms with Gasteiger partial charge in [0.1, 0.15) is 13.2 Å². The molecule has 6 nitrogen and oxygen atoms in total. The second-order valence-electron chi connectivity index (χ2n) is 21.7. The van der Waals surface area contributed by atoms with Gasteiger partial charge in [-0.05, 0) is 31.1 Å². The molecule has 0 amide bonds. The molecular weight excluding hydrogens is 829 g/mol. The van der Waals surface area contributed by atoms with Crippen LogP contribution in [0.4, 0.5) is 0 Å². The minimum Gasteiger partial charge on any atom is -0.462 e. The van der Waals surface area contributed by atoms with Crippen molar-refractivity contribution in [2.75, 3.05) is 13.2 Å². The number of hydrogen-bond donors (Lipinski definition) is 0. The lowest BCUT2D eigenvalue weighted by atomic mass is 9.99. The molecule has 398 valence electrons. The van der Waals surface area contributed by atoms with Crippen LogP contribution in [0.3, 0.4) is 0 Å². The summed E-state index contributed by atoms with van der Waals surface area (Å²) in [6.45, 7) is 11.4. The van der Waals surface area contributed by atoms with Crippen LogP contribution in [0, 0.1) is 11.8 Å². The van der Waals surface area contributed by atoms with Crippen molar-refractivity contribution in [3.63, 3.8) is 0 Å². The first-order chi connectivity index (χ1) is 32.8. The SMILES string of the molecule is CCCCCCCCCCCCCCCCCCCCCC(=O)OC[C@@H](COC(=O)CCCCCCCCCCCC(C)C)OC(=O)CCCCCCCCCCCCCCCCC(C)CC. The molecule has 1 unspecified atom stereocenters. The van der Waals surface area contributed by atoms with E-state index in [4.69, 9.17) is 14.2 Å². The van der Waals surface area contributed by atoms with Gasteiger partial charge in [-0.25, -0.2) is 0 Å². The summed E-state index contributed by atoms with van der Waals surface area (Å²) in [5.74, 6) is 0.865. The van der Waals surface area contributed by atoms with Crippen LogP contribution in [0.1, 0.15) is 343 Å². The molecule has 0 fully saturated rings. The van der Waals surface area contributed by atoms with Gasteiger partial charge in [-0.2, -0.15) is 0 Å². The number of rotatable bonds is 55. The summed E-state index contributed by atoms with van der Waals surface area (Å²) < 4.78 is 16.9. The highest BCUT2D eigenvalue weighted by molar-refractivity contribution is 5.71. The minimum absolute atomic E-state index is 0.0627. The number of hydrogen-bond acceptors (Lipinski definition) is 6. The Morgan fingerprint density at radius 3 is 0.851 bits per heavy atom. The zero-order chi connectivity index (χ0) is 48.9. The highest BCUT2D eigenvalue weighted by Gasteiger charge is 2.19. The van der Waals surface area contributed by atoms with Crippen molar-refractivity contribution in [3.8, 4) is 0 Å². The first-order valence-electron chi connectivity index (χ1n) is 30.3. The average Bonchev–Trinajstić information content (AvgIpc) is 3.31. The first kappa shape index (κ1) is 65.4. The van der Waals surface area contributed by atoms with Gasteiger partial charge >= 0.3 is 17.9 Å². The summed E-state index contributed by atoms with van der Waals surface area (Å²) in [7, 11) is 0. The molecule has 0 spiro atoms. The van der Waals surface area contributed by atoms with Gasteiger partial charge in [-0.15, -0.1) is 0 Å². The maximum atomic E-state index is 12.9. The van der Waals surface area contributed by atoms with Crippen molar-refractivity contribution in [2.24, 2.45) is 11.8 Å². The lowest BCUT2D eigenvalue weighted by molar-refractivity contribution is -0.167. The maximum absolute atomic E-state index is 12.9. The van der Waals surface area contributed by atoms with Crippen molar-refractivity contribution >= 4 is 17.9 Å². The zero-order valence-corrected chi connectivity index (χ0v) is 46.0. The second kappa shape index (κ2) is 53.8. The number of carbonyl (C=O) groups is 3. The second-order valence-corrected chi connectivity index (χ2v) is 21.7. The monoisotopic (exact) mass is 947 g/mol. The Hall–Kier alpha value is -1.59. The summed E-state index contributed by atoms with van der Waals surface area (Å²) >= 11 is 0. The van der Waals surface area contributed by atoms with Crippen LogP contribution in [-0.2, 0) is 28.6 Å². The summed E-state index contributed by atoms with van der Waals surface area (Å²) in [5, 5.41) is 0. The smallest absolute Gasteiger partial charge is 0.306 e. The lowest BCUT2D eigenvalue weighted by Crippen LogP contribution is -2.30. The summed E-state index contributed by atoms with van der Waals surface area (Å²) in [5.41, 5.74) is 0. The molecule has 0 aromatic rings. The quantitative estimate of drug-likeness (QED) is 0.0343. The van der Waals surface area contributed by atoms with E-state index in [1.54, 1.807) is 0 Å². The van der Waals surface area contributed by atoms with E-state index in [1.807, 2.05) is 0 Å². The van der Waals surface area contributed by atoms with Crippen LogP contribution in [0.25, 0.3) is 0 Å². The fourth-order valence-corrected chi connectivity index (χ4v) is 9.37. The van der Waals surface area contributed by atoms with Gasteiger partial charge in [0.15, 0.2) is 6.10 Å².